The van der Waals surface area contributed by atoms with Crippen molar-refractivity contribution in [3.05, 3.63) is 29.8 Å². The highest BCUT2D eigenvalue weighted by atomic mass is 16.5. The molecule has 0 spiro atoms. The third-order valence-electron chi connectivity index (χ3n) is 2.40. The second kappa shape index (κ2) is 6.28. The van der Waals surface area contributed by atoms with Crippen LogP contribution in [0.15, 0.2) is 24.3 Å². The van der Waals surface area contributed by atoms with Gasteiger partial charge in [-0.15, -0.1) is 0 Å². The summed E-state index contributed by atoms with van der Waals surface area (Å²) in [6.45, 7) is 5.31. The fourth-order valence-electron chi connectivity index (χ4n) is 1.46. The third-order valence-corrected chi connectivity index (χ3v) is 2.40. The summed E-state index contributed by atoms with van der Waals surface area (Å²) >= 11 is 0. The number of rotatable bonds is 6. The Kier molecular flexibility index (Phi) is 4.99. The summed E-state index contributed by atoms with van der Waals surface area (Å²) in [6.07, 6.45) is 0. The van der Waals surface area contributed by atoms with Gasteiger partial charge in [-0.1, -0.05) is 6.92 Å². The number of anilines is 1. The maximum atomic E-state index is 11.1. The zero-order chi connectivity index (χ0) is 12.0. The number of hydrogen-bond donors (Lipinski definition) is 1. The minimum Gasteiger partial charge on any atom is -0.385 e. The van der Waals surface area contributed by atoms with E-state index in [2.05, 4.69) is 12.2 Å². The quantitative estimate of drug-likeness (QED) is 0.750. The third kappa shape index (κ3) is 4.03. The molecule has 1 N–H and O–H groups in total. The molecule has 1 atom stereocenters. The number of methoxy groups -OCH3 is 1. The van der Waals surface area contributed by atoms with E-state index in [1.54, 1.807) is 14.0 Å². The van der Waals surface area contributed by atoms with Crippen LogP contribution < -0.4 is 5.32 Å². The van der Waals surface area contributed by atoms with E-state index in [1.165, 1.54) is 0 Å². The van der Waals surface area contributed by atoms with Crippen LogP contribution >= 0.6 is 0 Å². The van der Waals surface area contributed by atoms with E-state index < -0.39 is 0 Å². The van der Waals surface area contributed by atoms with Crippen molar-refractivity contribution in [1.82, 2.24) is 0 Å². The molecule has 1 rings (SSSR count). The van der Waals surface area contributed by atoms with Gasteiger partial charge in [0, 0.05) is 24.9 Å². The topological polar surface area (TPSA) is 38.3 Å². The molecule has 0 saturated heterocycles. The van der Waals surface area contributed by atoms with E-state index in [1.807, 2.05) is 24.3 Å². The van der Waals surface area contributed by atoms with Gasteiger partial charge in [0.05, 0.1) is 6.61 Å². The maximum absolute atomic E-state index is 11.1. The molecule has 16 heavy (non-hydrogen) atoms. The first-order valence-corrected chi connectivity index (χ1v) is 5.47. The second-order valence-electron chi connectivity index (χ2n) is 4.07. The predicted molar refractivity (Wildman–Crippen MR) is 66.0 cm³/mol. The average Bonchev–Trinajstić information content (AvgIpc) is 2.27. The number of benzene rings is 1. The van der Waals surface area contributed by atoms with Crippen LogP contribution in [0.2, 0.25) is 0 Å². The van der Waals surface area contributed by atoms with Crippen LogP contribution in [0.1, 0.15) is 24.2 Å². The van der Waals surface area contributed by atoms with Gasteiger partial charge in [-0.25, -0.2) is 0 Å². The maximum Gasteiger partial charge on any atom is 0.159 e. The summed E-state index contributed by atoms with van der Waals surface area (Å²) in [5.74, 6) is 0.566. The number of ketones is 1. The van der Waals surface area contributed by atoms with Crippen molar-refractivity contribution in [2.45, 2.75) is 13.8 Å². The highest BCUT2D eigenvalue weighted by Gasteiger charge is 2.02. The fraction of sp³-hybridized carbons (Fsp3) is 0.462. The highest BCUT2D eigenvalue weighted by molar-refractivity contribution is 5.94. The Morgan fingerprint density at radius 2 is 2.00 bits per heavy atom. The summed E-state index contributed by atoms with van der Waals surface area (Å²) in [7, 11) is 1.71. The molecular weight excluding hydrogens is 202 g/mol. The number of ether oxygens (including phenoxy) is 1. The lowest BCUT2D eigenvalue weighted by Gasteiger charge is -2.12. The first kappa shape index (κ1) is 12.7. The van der Waals surface area contributed by atoms with Crippen LogP contribution in [0.5, 0.6) is 0 Å². The second-order valence-corrected chi connectivity index (χ2v) is 4.07. The van der Waals surface area contributed by atoms with Crippen LogP contribution in [-0.2, 0) is 4.74 Å². The molecule has 0 heterocycles. The lowest BCUT2D eigenvalue weighted by Crippen LogP contribution is -2.15. The molecule has 3 nitrogen and oxygen atoms in total. The number of hydrogen-bond acceptors (Lipinski definition) is 3. The van der Waals surface area contributed by atoms with Crippen molar-refractivity contribution in [2.24, 2.45) is 5.92 Å². The van der Waals surface area contributed by atoms with Crippen molar-refractivity contribution >= 4 is 11.5 Å². The van der Waals surface area contributed by atoms with Crippen molar-refractivity contribution in [1.29, 1.82) is 0 Å². The Morgan fingerprint density at radius 1 is 1.38 bits per heavy atom. The van der Waals surface area contributed by atoms with Gasteiger partial charge in [0.25, 0.3) is 0 Å². The fourth-order valence-corrected chi connectivity index (χ4v) is 1.46. The number of nitrogens with one attached hydrogen (secondary N) is 1. The van der Waals surface area contributed by atoms with Gasteiger partial charge >= 0.3 is 0 Å². The zero-order valence-corrected chi connectivity index (χ0v) is 10.1. The summed E-state index contributed by atoms with van der Waals surface area (Å²) in [6, 6.07) is 7.53. The van der Waals surface area contributed by atoms with E-state index >= 15 is 0 Å². The number of carbonyl (C=O) groups excluding carboxylic acids is 1. The summed E-state index contributed by atoms with van der Waals surface area (Å²) in [5, 5.41) is 3.30. The van der Waals surface area contributed by atoms with Crippen LogP contribution in [0.3, 0.4) is 0 Å². The minimum absolute atomic E-state index is 0.0966. The molecule has 0 aliphatic heterocycles. The molecule has 0 aromatic heterocycles. The molecule has 1 unspecified atom stereocenters. The van der Waals surface area contributed by atoms with Gasteiger partial charge in [-0.05, 0) is 37.1 Å². The van der Waals surface area contributed by atoms with Gasteiger partial charge < -0.3 is 10.1 Å². The summed E-state index contributed by atoms with van der Waals surface area (Å²) < 4.78 is 5.06. The van der Waals surface area contributed by atoms with E-state index in [-0.39, 0.29) is 5.78 Å². The first-order chi connectivity index (χ1) is 7.63. The standard InChI is InChI=1S/C13H19NO2/c1-10(9-16-3)8-14-13-6-4-12(5-7-13)11(2)15/h4-7,10,14H,8-9H2,1-3H3. The van der Waals surface area contributed by atoms with E-state index in [0.717, 1.165) is 24.4 Å². The van der Waals surface area contributed by atoms with Crippen molar-refractivity contribution in [2.75, 3.05) is 25.6 Å². The Labute approximate surface area is 96.8 Å². The highest BCUT2D eigenvalue weighted by Crippen LogP contribution is 2.10. The minimum atomic E-state index is 0.0966. The van der Waals surface area contributed by atoms with Gasteiger partial charge in [0.1, 0.15) is 0 Å². The Balaban J connectivity index is 2.46. The molecule has 0 radical (unpaired) electrons. The van der Waals surface area contributed by atoms with Crippen molar-refractivity contribution in [3.63, 3.8) is 0 Å². The van der Waals surface area contributed by atoms with Crippen LogP contribution in [0, 0.1) is 5.92 Å². The van der Waals surface area contributed by atoms with Crippen LogP contribution in [0.4, 0.5) is 5.69 Å². The molecular formula is C13H19NO2. The lowest BCUT2D eigenvalue weighted by molar-refractivity contribution is 0.101. The number of carbonyl (C=O) groups is 1. The van der Waals surface area contributed by atoms with Crippen molar-refractivity contribution < 1.29 is 9.53 Å². The molecule has 0 aliphatic carbocycles. The molecule has 88 valence electrons. The monoisotopic (exact) mass is 221 g/mol. The van der Waals surface area contributed by atoms with Gasteiger partial charge in [-0.2, -0.15) is 0 Å². The van der Waals surface area contributed by atoms with E-state index in [9.17, 15) is 4.79 Å². The predicted octanol–water partition coefficient (Wildman–Crippen LogP) is 2.58. The molecule has 0 bridgehead atoms. The molecule has 0 saturated carbocycles. The largest absolute Gasteiger partial charge is 0.385 e. The van der Waals surface area contributed by atoms with Gasteiger partial charge in [0.15, 0.2) is 5.78 Å². The molecule has 0 fully saturated rings. The van der Waals surface area contributed by atoms with Gasteiger partial charge in [-0.3, -0.25) is 4.79 Å². The average molecular weight is 221 g/mol. The van der Waals surface area contributed by atoms with E-state index in [4.69, 9.17) is 4.74 Å². The van der Waals surface area contributed by atoms with Crippen molar-refractivity contribution in [3.8, 4) is 0 Å². The molecule has 1 aromatic rings. The summed E-state index contributed by atoms with van der Waals surface area (Å²) in [5.41, 5.74) is 1.78. The van der Waals surface area contributed by atoms with E-state index in [0.29, 0.717) is 5.92 Å². The Morgan fingerprint density at radius 3 is 2.50 bits per heavy atom. The normalized spacial score (nSPS) is 12.2. The lowest BCUT2D eigenvalue weighted by atomic mass is 10.1. The molecule has 0 aliphatic rings. The van der Waals surface area contributed by atoms with Gasteiger partial charge in [0.2, 0.25) is 0 Å². The molecule has 3 heteroatoms. The molecule has 0 amide bonds. The smallest absolute Gasteiger partial charge is 0.159 e. The first-order valence-electron chi connectivity index (χ1n) is 5.47. The van der Waals surface area contributed by atoms with Crippen LogP contribution in [0.25, 0.3) is 0 Å². The molecule has 1 aromatic carbocycles. The summed E-state index contributed by atoms with van der Waals surface area (Å²) in [4.78, 5) is 11.1. The zero-order valence-electron chi connectivity index (χ0n) is 10.1. The Hall–Kier alpha value is -1.35. The number of Topliss-reactive ketones (excluding diaryl/α,β-unsaturated/α-hetero) is 1. The Bertz CT molecular complexity index is 332. The van der Waals surface area contributed by atoms with Crippen LogP contribution in [-0.4, -0.2) is 26.0 Å². The SMILES string of the molecule is COCC(C)CNc1ccc(C(C)=O)cc1.